The molecular weight excluding hydrogens is 194 g/mol. The summed E-state index contributed by atoms with van der Waals surface area (Å²) in [5.41, 5.74) is 0. The molecule has 4 atom stereocenters. The first kappa shape index (κ1) is 10.2. The van der Waals surface area contributed by atoms with Crippen LogP contribution in [0.15, 0.2) is 12.2 Å². The van der Waals surface area contributed by atoms with Crippen molar-refractivity contribution < 1.29 is 14.7 Å². The van der Waals surface area contributed by atoms with Crippen LogP contribution in [0.1, 0.15) is 6.42 Å². The summed E-state index contributed by atoms with van der Waals surface area (Å²) >= 11 is 0. The number of nitrogens with zero attached hydrogens (tertiary/aromatic N) is 1. The number of hydrogen-bond acceptors (Lipinski definition) is 2. The molecule has 2 rings (SSSR count). The predicted octanol–water partition coefficient (Wildman–Crippen LogP) is 0.597. The lowest BCUT2D eigenvalue weighted by Gasteiger charge is -2.26. The lowest BCUT2D eigenvalue weighted by Crippen LogP contribution is -2.39. The van der Waals surface area contributed by atoms with Crippen molar-refractivity contribution in [2.24, 2.45) is 23.7 Å². The Morgan fingerprint density at radius 2 is 1.73 bits per heavy atom. The van der Waals surface area contributed by atoms with Crippen molar-refractivity contribution in [3.63, 3.8) is 0 Å². The average Bonchev–Trinajstić information content (AvgIpc) is 2.74. The normalized spacial score (nSPS) is 36.9. The maximum absolute atomic E-state index is 11.9. The van der Waals surface area contributed by atoms with Gasteiger partial charge in [0.1, 0.15) is 0 Å². The van der Waals surface area contributed by atoms with Crippen molar-refractivity contribution in [3.05, 3.63) is 12.2 Å². The van der Waals surface area contributed by atoms with Crippen LogP contribution >= 0.6 is 0 Å². The summed E-state index contributed by atoms with van der Waals surface area (Å²) in [7, 11) is 3.36. The lowest BCUT2D eigenvalue weighted by atomic mass is 9.82. The Morgan fingerprint density at radius 1 is 1.20 bits per heavy atom. The smallest absolute Gasteiger partial charge is 0.307 e. The quantitative estimate of drug-likeness (QED) is 0.677. The van der Waals surface area contributed by atoms with Gasteiger partial charge in [-0.25, -0.2) is 0 Å². The van der Waals surface area contributed by atoms with Crippen LogP contribution in [0.5, 0.6) is 0 Å². The van der Waals surface area contributed by atoms with Gasteiger partial charge in [0, 0.05) is 14.1 Å². The minimum absolute atomic E-state index is 0.0563. The molecule has 4 nitrogen and oxygen atoms in total. The third-order valence-corrected chi connectivity index (χ3v) is 3.47. The molecule has 0 aromatic heterocycles. The molecule has 0 aromatic carbocycles. The molecule has 2 aliphatic carbocycles. The van der Waals surface area contributed by atoms with Gasteiger partial charge in [0.2, 0.25) is 5.91 Å². The number of rotatable bonds is 2. The minimum Gasteiger partial charge on any atom is -0.481 e. The summed E-state index contributed by atoms with van der Waals surface area (Å²) in [4.78, 5) is 24.5. The highest BCUT2D eigenvalue weighted by Crippen LogP contribution is 2.48. The highest BCUT2D eigenvalue weighted by Gasteiger charge is 2.51. The molecule has 4 heteroatoms. The number of aliphatic carboxylic acids is 1. The van der Waals surface area contributed by atoms with E-state index in [2.05, 4.69) is 0 Å². The van der Waals surface area contributed by atoms with E-state index >= 15 is 0 Å². The summed E-state index contributed by atoms with van der Waals surface area (Å²) in [6.45, 7) is 0. The summed E-state index contributed by atoms with van der Waals surface area (Å²) in [6, 6.07) is 0. The van der Waals surface area contributed by atoms with E-state index in [0.29, 0.717) is 0 Å². The second-order valence-corrected chi connectivity index (χ2v) is 4.57. The molecule has 0 aromatic rings. The predicted molar refractivity (Wildman–Crippen MR) is 54.0 cm³/mol. The van der Waals surface area contributed by atoms with E-state index in [9.17, 15) is 9.59 Å². The first-order valence-electron chi connectivity index (χ1n) is 5.14. The highest BCUT2D eigenvalue weighted by molar-refractivity contribution is 5.86. The molecule has 1 fully saturated rings. The van der Waals surface area contributed by atoms with E-state index < -0.39 is 11.9 Å². The van der Waals surface area contributed by atoms with Crippen LogP contribution in [0.4, 0.5) is 0 Å². The topological polar surface area (TPSA) is 57.6 Å². The van der Waals surface area contributed by atoms with Crippen LogP contribution in [0.2, 0.25) is 0 Å². The molecule has 0 unspecified atom stereocenters. The molecule has 0 heterocycles. The fourth-order valence-electron chi connectivity index (χ4n) is 2.79. The maximum Gasteiger partial charge on any atom is 0.307 e. The Morgan fingerprint density at radius 3 is 2.20 bits per heavy atom. The summed E-state index contributed by atoms with van der Waals surface area (Å²) in [5, 5.41) is 9.13. The van der Waals surface area contributed by atoms with Gasteiger partial charge in [0.25, 0.3) is 0 Å². The first-order chi connectivity index (χ1) is 7.02. The Kier molecular flexibility index (Phi) is 2.29. The zero-order valence-electron chi connectivity index (χ0n) is 8.88. The number of fused-ring (bicyclic) bond motifs is 2. The fraction of sp³-hybridized carbons (Fsp3) is 0.636. The molecule has 2 aliphatic rings. The average molecular weight is 209 g/mol. The molecule has 15 heavy (non-hydrogen) atoms. The van der Waals surface area contributed by atoms with E-state index in [-0.39, 0.29) is 23.7 Å². The number of carbonyl (C=O) groups is 2. The number of carbonyl (C=O) groups excluding carboxylic acids is 1. The summed E-state index contributed by atoms with van der Waals surface area (Å²) < 4.78 is 0. The van der Waals surface area contributed by atoms with Gasteiger partial charge in [0.05, 0.1) is 11.8 Å². The monoisotopic (exact) mass is 209 g/mol. The van der Waals surface area contributed by atoms with E-state index in [4.69, 9.17) is 5.11 Å². The third-order valence-electron chi connectivity index (χ3n) is 3.47. The number of carboxylic acids is 1. The highest BCUT2D eigenvalue weighted by atomic mass is 16.4. The standard InChI is InChI=1S/C11H15NO3/c1-12(2)10(13)8-6-3-4-7(5-6)9(8)11(14)15/h3-4,6-9H,5H2,1-2H3,(H,14,15)/t6-,7-,8+,9-/m0/s1. The van der Waals surface area contributed by atoms with Gasteiger partial charge in [0.15, 0.2) is 0 Å². The Balaban J connectivity index is 2.27. The van der Waals surface area contributed by atoms with Crippen LogP contribution < -0.4 is 0 Å². The van der Waals surface area contributed by atoms with Crippen LogP contribution in [0, 0.1) is 23.7 Å². The molecule has 1 amide bonds. The molecule has 1 N–H and O–H groups in total. The maximum atomic E-state index is 11.9. The van der Waals surface area contributed by atoms with Gasteiger partial charge >= 0.3 is 5.97 Å². The molecular formula is C11H15NO3. The van der Waals surface area contributed by atoms with E-state index in [0.717, 1.165) is 6.42 Å². The van der Waals surface area contributed by atoms with Crippen molar-refractivity contribution in [2.75, 3.05) is 14.1 Å². The van der Waals surface area contributed by atoms with Crippen molar-refractivity contribution in [1.29, 1.82) is 0 Å². The second-order valence-electron chi connectivity index (χ2n) is 4.57. The zero-order valence-corrected chi connectivity index (χ0v) is 8.88. The Hall–Kier alpha value is -1.32. The van der Waals surface area contributed by atoms with Gasteiger partial charge in [-0.2, -0.15) is 0 Å². The molecule has 0 spiro atoms. The number of amides is 1. The third kappa shape index (κ3) is 1.44. The molecule has 0 saturated heterocycles. The van der Waals surface area contributed by atoms with Gasteiger partial charge in [-0.05, 0) is 18.3 Å². The molecule has 1 saturated carbocycles. The SMILES string of the molecule is CN(C)C(=O)[C@H]1[C@@H](C(=O)O)[C@H]2C=C[C@H]1C2. The summed E-state index contributed by atoms with van der Waals surface area (Å²) in [6.07, 6.45) is 4.76. The van der Waals surface area contributed by atoms with Crippen LogP contribution in [0.3, 0.4) is 0 Å². The molecule has 82 valence electrons. The van der Waals surface area contributed by atoms with Crippen LogP contribution in [-0.2, 0) is 9.59 Å². The number of carboxylic acid groups (broad SMARTS) is 1. The van der Waals surface area contributed by atoms with Gasteiger partial charge in [-0.1, -0.05) is 12.2 Å². The summed E-state index contributed by atoms with van der Waals surface area (Å²) in [5.74, 6) is -1.58. The van der Waals surface area contributed by atoms with Crippen LogP contribution in [-0.4, -0.2) is 36.0 Å². The van der Waals surface area contributed by atoms with E-state index in [1.165, 1.54) is 4.90 Å². The molecule has 2 bridgehead atoms. The van der Waals surface area contributed by atoms with Gasteiger partial charge in [-0.15, -0.1) is 0 Å². The fourth-order valence-corrected chi connectivity index (χ4v) is 2.79. The largest absolute Gasteiger partial charge is 0.481 e. The second kappa shape index (κ2) is 3.36. The van der Waals surface area contributed by atoms with Gasteiger partial charge in [-0.3, -0.25) is 9.59 Å². The number of hydrogen-bond donors (Lipinski definition) is 1. The molecule has 0 aliphatic heterocycles. The minimum atomic E-state index is -0.841. The first-order valence-corrected chi connectivity index (χ1v) is 5.14. The van der Waals surface area contributed by atoms with E-state index in [1.54, 1.807) is 14.1 Å². The van der Waals surface area contributed by atoms with Gasteiger partial charge < -0.3 is 10.0 Å². The molecule has 0 radical (unpaired) electrons. The van der Waals surface area contributed by atoms with E-state index in [1.807, 2.05) is 12.2 Å². The van der Waals surface area contributed by atoms with Crippen molar-refractivity contribution in [2.45, 2.75) is 6.42 Å². The zero-order chi connectivity index (χ0) is 11.2. The lowest BCUT2D eigenvalue weighted by molar-refractivity contribution is -0.150. The van der Waals surface area contributed by atoms with Crippen molar-refractivity contribution in [1.82, 2.24) is 4.90 Å². The Labute approximate surface area is 88.6 Å². The Bertz CT molecular complexity index is 335. The van der Waals surface area contributed by atoms with Crippen molar-refractivity contribution in [3.8, 4) is 0 Å². The van der Waals surface area contributed by atoms with Crippen molar-refractivity contribution >= 4 is 11.9 Å². The number of allylic oxidation sites excluding steroid dienone is 2. The van der Waals surface area contributed by atoms with Crippen LogP contribution in [0.25, 0.3) is 0 Å².